The number of hydrogen-bond donors (Lipinski definition) is 2. The molecular weight excluding hydrogens is 264 g/mol. The molecule has 0 radical (unpaired) electrons. The third kappa shape index (κ3) is 2.86. The molecule has 2 atom stereocenters. The number of amides is 1. The van der Waals surface area contributed by atoms with E-state index < -0.39 is 5.54 Å². The van der Waals surface area contributed by atoms with Crippen LogP contribution in [0.4, 0.5) is 0 Å². The van der Waals surface area contributed by atoms with Crippen LogP contribution in [-0.4, -0.2) is 27.7 Å². The number of aliphatic hydroxyl groups is 1. The van der Waals surface area contributed by atoms with E-state index in [1.807, 2.05) is 18.3 Å². The van der Waals surface area contributed by atoms with Gasteiger partial charge in [0.15, 0.2) is 0 Å². The maximum absolute atomic E-state index is 12.7. The summed E-state index contributed by atoms with van der Waals surface area (Å²) in [5.74, 6) is 0.527. The van der Waals surface area contributed by atoms with Crippen LogP contribution >= 0.6 is 0 Å². The van der Waals surface area contributed by atoms with Crippen molar-refractivity contribution in [1.82, 2.24) is 9.88 Å². The number of aromatic nitrogens is 1. The summed E-state index contributed by atoms with van der Waals surface area (Å²) in [5, 5.41) is 13.0. The molecule has 1 aromatic rings. The van der Waals surface area contributed by atoms with Crippen molar-refractivity contribution in [1.29, 1.82) is 0 Å². The van der Waals surface area contributed by atoms with Crippen LogP contribution in [0, 0.1) is 5.92 Å². The molecule has 4 heteroatoms. The Morgan fingerprint density at radius 1 is 1.43 bits per heavy atom. The highest BCUT2D eigenvalue weighted by Crippen LogP contribution is 2.34. The van der Waals surface area contributed by atoms with Crippen molar-refractivity contribution in [2.24, 2.45) is 5.92 Å². The Bertz CT molecular complexity index is 507. The quantitative estimate of drug-likeness (QED) is 0.896. The van der Waals surface area contributed by atoms with Crippen molar-refractivity contribution < 1.29 is 9.90 Å². The average molecular weight is 290 g/mol. The van der Waals surface area contributed by atoms with Crippen molar-refractivity contribution in [3.05, 3.63) is 24.0 Å². The first kappa shape index (κ1) is 14.6. The fourth-order valence-electron chi connectivity index (χ4n) is 3.83. The van der Waals surface area contributed by atoms with Gasteiger partial charge in [0, 0.05) is 12.2 Å². The second kappa shape index (κ2) is 5.84. The molecule has 2 saturated carbocycles. The second-order valence-corrected chi connectivity index (χ2v) is 6.98. The molecule has 2 aliphatic carbocycles. The van der Waals surface area contributed by atoms with Crippen molar-refractivity contribution in [2.75, 3.05) is 6.61 Å². The molecule has 3 rings (SSSR count). The Morgan fingerprint density at radius 2 is 2.24 bits per heavy atom. The molecule has 2 aliphatic rings. The largest absolute Gasteiger partial charge is 0.394 e. The van der Waals surface area contributed by atoms with E-state index in [2.05, 4.69) is 16.8 Å². The van der Waals surface area contributed by atoms with Gasteiger partial charge in [-0.3, -0.25) is 4.79 Å². The lowest BCUT2D eigenvalue weighted by Crippen LogP contribution is -2.54. The number of hydrogen-bond acceptors (Lipinski definition) is 2. The van der Waals surface area contributed by atoms with Gasteiger partial charge in [-0.05, 0) is 50.2 Å². The fourth-order valence-corrected chi connectivity index (χ4v) is 3.83. The van der Waals surface area contributed by atoms with Crippen LogP contribution in [0.3, 0.4) is 0 Å². The third-order valence-corrected chi connectivity index (χ3v) is 5.25. The van der Waals surface area contributed by atoms with Crippen molar-refractivity contribution in [3.63, 3.8) is 0 Å². The maximum atomic E-state index is 12.7. The standard InChI is InChI=1S/C17H26N2O2/c1-13-5-3-9-17(11-13,12-20)18-16(21)15-8-4-10-19(15)14-6-2-7-14/h4,8,10,13-14,20H,2-3,5-7,9,11-12H2,1H3,(H,18,21). The number of carbonyl (C=O) groups excluding carboxylic acids is 1. The fraction of sp³-hybridized carbons (Fsp3) is 0.706. The van der Waals surface area contributed by atoms with Crippen LogP contribution in [-0.2, 0) is 0 Å². The first-order chi connectivity index (χ1) is 10.1. The van der Waals surface area contributed by atoms with Gasteiger partial charge in [0.1, 0.15) is 5.69 Å². The number of aliphatic hydroxyl groups excluding tert-OH is 1. The van der Waals surface area contributed by atoms with Gasteiger partial charge >= 0.3 is 0 Å². The van der Waals surface area contributed by atoms with Gasteiger partial charge < -0.3 is 15.0 Å². The highest BCUT2D eigenvalue weighted by Gasteiger charge is 2.36. The average Bonchev–Trinajstić information content (AvgIpc) is 2.86. The SMILES string of the molecule is CC1CCCC(CO)(NC(=O)c2cccn2C2CCC2)C1. The van der Waals surface area contributed by atoms with Crippen molar-refractivity contribution >= 4 is 5.91 Å². The summed E-state index contributed by atoms with van der Waals surface area (Å²) in [6.07, 6.45) is 9.61. The molecular formula is C17H26N2O2. The van der Waals surface area contributed by atoms with Gasteiger partial charge in [-0.1, -0.05) is 19.8 Å². The molecule has 1 heterocycles. The van der Waals surface area contributed by atoms with E-state index in [-0.39, 0.29) is 12.5 Å². The van der Waals surface area contributed by atoms with Crippen LogP contribution < -0.4 is 5.32 Å². The van der Waals surface area contributed by atoms with Crippen LogP contribution in [0.2, 0.25) is 0 Å². The van der Waals surface area contributed by atoms with E-state index in [1.165, 1.54) is 12.8 Å². The van der Waals surface area contributed by atoms with Gasteiger partial charge in [0.05, 0.1) is 12.1 Å². The lowest BCUT2D eigenvalue weighted by atomic mass is 9.76. The van der Waals surface area contributed by atoms with Gasteiger partial charge in [0.25, 0.3) is 5.91 Å². The van der Waals surface area contributed by atoms with Crippen molar-refractivity contribution in [2.45, 2.75) is 63.5 Å². The Labute approximate surface area is 126 Å². The van der Waals surface area contributed by atoms with E-state index in [4.69, 9.17) is 0 Å². The van der Waals surface area contributed by atoms with E-state index in [9.17, 15) is 9.90 Å². The Morgan fingerprint density at radius 3 is 2.86 bits per heavy atom. The van der Waals surface area contributed by atoms with Gasteiger partial charge in [-0.2, -0.15) is 0 Å². The lowest BCUT2D eigenvalue weighted by molar-refractivity contribution is 0.0685. The molecule has 0 saturated heterocycles. The summed E-state index contributed by atoms with van der Waals surface area (Å²) >= 11 is 0. The van der Waals surface area contributed by atoms with Crippen molar-refractivity contribution in [3.8, 4) is 0 Å². The number of nitrogens with one attached hydrogen (secondary N) is 1. The summed E-state index contributed by atoms with van der Waals surface area (Å²) in [5.41, 5.74) is 0.314. The number of rotatable bonds is 4. The zero-order valence-corrected chi connectivity index (χ0v) is 12.8. The summed E-state index contributed by atoms with van der Waals surface area (Å²) in [4.78, 5) is 12.7. The summed E-state index contributed by atoms with van der Waals surface area (Å²) in [6.45, 7) is 2.24. The van der Waals surface area contributed by atoms with E-state index in [1.54, 1.807) is 0 Å². The van der Waals surface area contributed by atoms with Gasteiger partial charge in [-0.25, -0.2) is 0 Å². The highest BCUT2D eigenvalue weighted by molar-refractivity contribution is 5.93. The molecule has 0 aromatic carbocycles. The molecule has 4 nitrogen and oxygen atoms in total. The van der Waals surface area contributed by atoms with E-state index in [0.29, 0.717) is 12.0 Å². The Kier molecular flexibility index (Phi) is 4.07. The van der Waals surface area contributed by atoms with Crippen LogP contribution in [0.1, 0.15) is 68.4 Å². The van der Waals surface area contributed by atoms with Crippen LogP contribution in [0.5, 0.6) is 0 Å². The predicted molar refractivity (Wildman–Crippen MR) is 82.2 cm³/mol. The minimum Gasteiger partial charge on any atom is -0.394 e. The maximum Gasteiger partial charge on any atom is 0.268 e. The topological polar surface area (TPSA) is 54.3 Å². The molecule has 2 fully saturated rings. The molecule has 0 spiro atoms. The first-order valence-electron chi connectivity index (χ1n) is 8.24. The highest BCUT2D eigenvalue weighted by atomic mass is 16.3. The summed E-state index contributed by atoms with van der Waals surface area (Å²) < 4.78 is 2.11. The number of carbonyl (C=O) groups is 1. The third-order valence-electron chi connectivity index (χ3n) is 5.25. The Hall–Kier alpha value is -1.29. The van der Waals surface area contributed by atoms with Crippen LogP contribution in [0.25, 0.3) is 0 Å². The number of nitrogens with zero attached hydrogens (tertiary/aromatic N) is 1. The lowest BCUT2D eigenvalue weighted by Gasteiger charge is -2.39. The monoisotopic (exact) mass is 290 g/mol. The minimum atomic E-state index is -0.427. The molecule has 1 amide bonds. The van der Waals surface area contributed by atoms with Gasteiger partial charge in [0.2, 0.25) is 0 Å². The molecule has 2 N–H and O–H groups in total. The predicted octanol–water partition coefficient (Wildman–Crippen LogP) is 2.88. The molecule has 0 aliphatic heterocycles. The van der Waals surface area contributed by atoms with Gasteiger partial charge in [-0.15, -0.1) is 0 Å². The smallest absolute Gasteiger partial charge is 0.268 e. The van der Waals surface area contributed by atoms with Crippen LogP contribution in [0.15, 0.2) is 18.3 Å². The van der Waals surface area contributed by atoms with E-state index >= 15 is 0 Å². The zero-order valence-electron chi connectivity index (χ0n) is 12.8. The molecule has 2 unspecified atom stereocenters. The Balaban J connectivity index is 1.74. The minimum absolute atomic E-state index is 0.0324. The molecule has 116 valence electrons. The molecule has 21 heavy (non-hydrogen) atoms. The molecule has 0 bridgehead atoms. The normalized spacial score (nSPS) is 29.9. The first-order valence-corrected chi connectivity index (χ1v) is 8.24. The summed E-state index contributed by atoms with van der Waals surface area (Å²) in [7, 11) is 0. The summed E-state index contributed by atoms with van der Waals surface area (Å²) in [6, 6.07) is 4.32. The zero-order chi connectivity index (χ0) is 14.9. The van der Waals surface area contributed by atoms with E-state index in [0.717, 1.165) is 37.8 Å². The second-order valence-electron chi connectivity index (χ2n) is 6.98. The molecule has 1 aromatic heterocycles.